The quantitative estimate of drug-likeness (QED) is 0.389. The van der Waals surface area contributed by atoms with Gasteiger partial charge in [0.05, 0.1) is 5.69 Å². The summed E-state index contributed by atoms with van der Waals surface area (Å²) in [5.41, 5.74) is 1.30. The van der Waals surface area contributed by atoms with E-state index >= 15 is 0 Å². The molecule has 1 saturated heterocycles. The van der Waals surface area contributed by atoms with E-state index in [2.05, 4.69) is 0 Å². The van der Waals surface area contributed by atoms with Gasteiger partial charge in [0, 0.05) is 5.56 Å². The number of fused-ring (bicyclic) bond motifs is 1. The molecular weight excluding hydrogens is 350 g/mol. The number of thiocarbonyl (C=S) groups is 1. The number of nitrogens with zero attached hydrogens (tertiary/aromatic N) is 1. The summed E-state index contributed by atoms with van der Waals surface area (Å²) in [7, 11) is 0. The highest BCUT2D eigenvalue weighted by atomic mass is 32.2. The lowest BCUT2D eigenvalue weighted by atomic mass is 10.1. The number of aliphatic hydroxyl groups is 1. The zero-order chi connectivity index (χ0) is 17.4. The van der Waals surface area contributed by atoms with Crippen molar-refractivity contribution in [2.24, 2.45) is 0 Å². The highest BCUT2D eigenvalue weighted by molar-refractivity contribution is 8.27. The molecule has 0 unspecified atom stereocenters. The number of benzene rings is 3. The van der Waals surface area contributed by atoms with E-state index < -0.39 is 0 Å². The van der Waals surface area contributed by atoms with E-state index in [1.807, 2.05) is 72.8 Å². The van der Waals surface area contributed by atoms with Gasteiger partial charge in [-0.15, -0.1) is 0 Å². The zero-order valence-corrected chi connectivity index (χ0v) is 14.7. The number of hydrogen-bond donors (Lipinski definition) is 1. The Labute approximate surface area is 154 Å². The van der Waals surface area contributed by atoms with Crippen LogP contribution in [0.3, 0.4) is 0 Å². The van der Waals surface area contributed by atoms with Gasteiger partial charge in [0.1, 0.15) is 10.7 Å². The molecule has 0 aromatic heterocycles. The predicted octanol–water partition coefficient (Wildman–Crippen LogP) is 5.13. The first-order chi connectivity index (χ1) is 12.1. The van der Waals surface area contributed by atoms with Crippen molar-refractivity contribution in [1.29, 1.82) is 0 Å². The molecule has 0 spiro atoms. The Hall–Kier alpha value is -2.63. The summed E-state index contributed by atoms with van der Waals surface area (Å²) in [5.74, 6) is -0.339. The van der Waals surface area contributed by atoms with Gasteiger partial charge >= 0.3 is 0 Å². The number of aliphatic hydroxyl groups excluding tert-OH is 1. The van der Waals surface area contributed by atoms with Gasteiger partial charge in [0.15, 0.2) is 4.32 Å². The van der Waals surface area contributed by atoms with Crippen molar-refractivity contribution in [1.82, 2.24) is 0 Å². The van der Waals surface area contributed by atoms with E-state index in [0.29, 0.717) is 15.6 Å². The van der Waals surface area contributed by atoms with E-state index in [-0.39, 0.29) is 16.6 Å². The van der Waals surface area contributed by atoms with Gasteiger partial charge < -0.3 is 5.11 Å². The van der Waals surface area contributed by atoms with Crippen LogP contribution in [0.1, 0.15) is 5.56 Å². The van der Waals surface area contributed by atoms with Gasteiger partial charge in [-0.1, -0.05) is 78.6 Å². The number of para-hydroxylation sites is 1. The molecule has 0 atom stereocenters. The van der Waals surface area contributed by atoms with Crippen molar-refractivity contribution in [3.05, 3.63) is 83.3 Å². The highest BCUT2D eigenvalue weighted by Crippen LogP contribution is 2.38. The zero-order valence-electron chi connectivity index (χ0n) is 13.0. The molecular formula is C20H13NO2S2. The molecule has 122 valence electrons. The summed E-state index contributed by atoms with van der Waals surface area (Å²) >= 11 is 6.47. The van der Waals surface area contributed by atoms with E-state index in [4.69, 9.17) is 12.2 Å². The monoisotopic (exact) mass is 363 g/mol. The normalized spacial score (nSPS) is 16.6. The van der Waals surface area contributed by atoms with Crippen LogP contribution in [-0.2, 0) is 4.79 Å². The first kappa shape index (κ1) is 15.9. The Morgan fingerprint density at radius 2 is 1.60 bits per heavy atom. The number of rotatable bonds is 2. The summed E-state index contributed by atoms with van der Waals surface area (Å²) in [5, 5.41) is 12.8. The van der Waals surface area contributed by atoms with Crippen LogP contribution in [0.15, 0.2) is 77.7 Å². The van der Waals surface area contributed by atoms with Crippen LogP contribution >= 0.6 is 24.0 Å². The van der Waals surface area contributed by atoms with Crippen LogP contribution < -0.4 is 4.90 Å². The number of amides is 1. The summed E-state index contributed by atoms with van der Waals surface area (Å²) in [6, 6.07) is 22.7. The lowest BCUT2D eigenvalue weighted by Gasteiger charge is -2.14. The number of hydrogen-bond acceptors (Lipinski definition) is 4. The fourth-order valence-electron chi connectivity index (χ4n) is 2.78. The van der Waals surface area contributed by atoms with Crippen LogP contribution in [0.25, 0.3) is 16.5 Å². The molecule has 0 radical (unpaired) electrons. The van der Waals surface area contributed by atoms with Crippen LogP contribution in [0.4, 0.5) is 5.69 Å². The molecule has 1 aliphatic rings. The Morgan fingerprint density at radius 3 is 2.36 bits per heavy atom. The van der Waals surface area contributed by atoms with Crippen molar-refractivity contribution in [2.75, 3.05) is 4.90 Å². The first-order valence-electron chi connectivity index (χ1n) is 7.69. The standard InChI is InChI=1S/C20H13NO2S2/c22-17(15-11-10-13-6-4-5-7-14(13)12-15)18-19(23)21(20(24)25-18)16-8-2-1-3-9-16/h1-12,22H/b18-17+. The maximum atomic E-state index is 12.8. The van der Waals surface area contributed by atoms with E-state index in [9.17, 15) is 9.90 Å². The second-order valence-electron chi connectivity index (χ2n) is 5.58. The predicted molar refractivity (Wildman–Crippen MR) is 108 cm³/mol. The smallest absolute Gasteiger partial charge is 0.274 e. The Morgan fingerprint density at radius 1 is 0.920 bits per heavy atom. The molecule has 25 heavy (non-hydrogen) atoms. The van der Waals surface area contributed by atoms with E-state index in [0.717, 1.165) is 22.5 Å². The maximum absolute atomic E-state index is 12.8. The number of thioether (sulfide) groups is 1. The third-order valence-electron chi connectivity index (χ3n) is 4.02. The molecule has 5 heteroatoms. The lowest BCUT2D eigenvalue weighted by molar-refractivity contribution is -0.113. The molecule has 0 bridgehead atoms. The van der Waals surface area contributed by atoms with Crippen molar-refractivity contribution in [3.63, 3.8) is 0 Å². The summed E-state index contributed by atoms with van der Waals surface area (Å²) in [6.07, 6.45) is 0. The van der Waals surface area contributed by atoms with Gasteiger partial charge in [-0.25, -0.2) is 0 Å². The minimum Gasteiger partial charge on any atom is -0.506 e. The number of anilines is 1. The molecule has 1 heterocycles. The average Bonchev–Trinajstić information content (AvgIpc) is 2.95. The molecule has 1 aliphatic heterocycles. The van der Waals surface area contributed by atoms with E-state index in [1.54, 1.807) is 0 Å². The average molecular weight is 363 g/mol. The molecule has 0 aliphatic carbocycles. The molecule has 1 fully saturated rings. The van der Waals surface area contributed by atoms with Gasteiger partial charge in [0.25, 0.3) is 5.91 Å². The topological polar surface area (TPSA) is 40.5 Å². The minimum atomic E-state index is -0.299. The van der Waals surface area contributed by atoms with Crippen molar-refractivity contribution in [3.8, 4) is 0 Å². The molecule has 1 N–H and O–H groups in total. The fourth-order valence-corrected chi connectivity index (χ4v) is 4.06. The third kappa shape index (κ3) is 2.81. The summed E-state index contributed by atoms with van der Waals surface area (Å²) in [6.45, 7) is 0. The summed E-state index contributed by atoms with van der Waals surface area (Å²) < 4.78 is 0.415. The van der Waals surface area contributed by atoms with Gasteiger partial charge in [-0.3, -0.25) is 9.69 Å². The van der Waals surface area contributed by atoms with Crippen LogP contribution in [-0.4, -0.2) is 15.3 Å². The van der Waals surface area contributed by atoms with Crippen molar-refractivity contribution in [2.45, 2.75) is 0 Å². The molecule has 1 amide bonds. The van der Waals surface area contributed by atoms with Crippen molar-refractivity contribution >= 4 is 56.4 Å². The highest BCUT2D eigenvalue weighted by Gasteiger charge is 2.36. The van der Waals surface area contributed by atoms with Gasteiger partial charge in [0.2, 0.25) is 0 Å². The molecule has 3 aromatic rings. The molecule has 3 nitrogen and oxygen atoms in total. The molecule has 4 rings (SSSR count). The minimum absolute atomic E-state index is 0.0402. The maximum Gasteiger partial charge on any atom is 0.274 e. The fraction of sp³-hybridized carbons (Fsp3) is 0. The Bertz CT molecular complexity index is 1030. The van der Waals surface area contributed by atoms with E-state index in [1.165, 1.54) is 4.90 Å². The van der Waals surface area contributed by atoms with Gasteiger partial charge in [-0.05, 0) is 29.0 Å². The van der Waals surface area contributed by atoms with Gasteiger partial charge in [-0.2, -0.15) is 0 Å². The largest absolute Gasteiger partial charge is 0.506 e. The Kier molecular flexibility index (Phi) is 4.03. The van der Waals surface area contributed by atoms with Crippen LogP contribution in [0.5, 0.6) is 0 Å². The van der Waals surface area contributed by atoms with Crippen molar-refractivity contribution < 1.29 is 9.90 Å². The SMILES string of the molecule is O=C1/C(=C(\O)c2ccc3ccccc3c2)SC(=S)N1c1ccccc1. The second kappa shape index (κ2) is 6.35. The third-order valence-corrected chi connectivity index (χ3v) is 5.38. The first-order valence-corrected chi connectivity index (χ1v) is 8.91. The van der Waals surface area contributed by atoms with Crippen LogP contribution in [0, 0.1) is 0 Å². The number of carbonyl (C=O) groups excluding carboxylic acids is 1. The van der Waals surface area contributed by atoms with Crippen LogP contribution in [0.2, 0.25) is 0 Å². The molecule has 0 saturated carbocycles. The second-order valence-corrected chi connectivity index (χ2v) is 7.23. The lowest BCUT2D eigenvalue weighted by Crippen LogP contribution is -2.27. The number of carbonyl (C=O) groups is 1. The Balaban J connectivity index is 1.76. The molecule has 3 aromatic carbocycles. The summed E-state index contributed by atoms with van der Waals surface area (Å²) in [4.78, 5) is 14.5.